The molecule has 1 rings (SSSR count). The SMILES string of the molecule is CC(C)(C)OC(=O)N1CCN=C(NCC(F)(F)F)C1. The Labute approximate surface area is 109 Å². The lowest BCUT2D eigenvalue weighted by atomic mass is 10.2. The molecular weight excluding hydrogens is 263 g/mol. The van der Waals surface area contributed by atoms with Crippen molar-refractivity contribution in [2.45, 2.75) is 32.5 Å². The van der Waals surface area contributed by atoms with E-state index in [2.05, 4.69) is 10.3 Å². The quantitative estimate of drug-likeness (QED) is 0.797. The van der Waals surface area contributed by atoms with E-state index in [0.717, 1.165) is 0 Å². The van der Waals surface area contributed by atoms with Crippen LogP contribution in [0.5, 0.6) is 0 Å². The second kappa shape index (κ2) is 5.66. The minimum Gasteiger partial charge on any atom is -0.444 e. The van der Waals surface area contributed by atoms with Crippen molar-refractivity contribution in [2.75, 3.05) is 26.2 Å². The van der Waals surface area contributed by atoms with Crippen LogP contribution in [-0.2, 0) is 4.74 Å². The zero-order chi connectivity index (χ0) is 14.7. The molecule has 0 aromatic carbocycles. The first-order valence-corrected chi connectivity index (χ1v) is 5.89. The molecule has 1 amide bonds. The molecule has 19 heavy (non-hydrogen) atoms. The largest absolute Gasteiger partial charge is 0.444 e. The van der Waals surface area contributed by atoms with Crippen molar-refractivity contribution in [2.24, 2.45) is 4.99 Å². The van der Waals surface area contributed by atoms with Crippen LogP contribution in [0, 0.1) is 0 Å². The van der Waals surface area contributed by atoms with Gasteiger partial charge in [-0.15, -0.1) is 0 Å². The average Bonchev–Trinajstić information content (AvgIpc) is 2.23. The predicted octanol–water partition coefficient (Wildman–Crippen LogP) is 1.79. The zero-order valence-electron chi connectivity index (χ0n) is 11.2. The molecule has 0 aromatic heterocycles. The number of amides is 1. The summed E-state index contributed by atoms with van der Waals surface area (Å²) in [6.45, 7) is 4.63. The molecule has 0 saturated carbocycles. The maximum absolute atomic E-state index is 12.1. The summed E-state index contributed by atoms with van der Waals surface area (Å²) in [4.78, 5) is 17.0. The third-order valence-corrected chi connectivity index (χ3v) is 2.16. The molecule has 0 atom stereocenters. The van der Waals surface area contributed by atoms with Crippen molar-refractivity contribution < 1.29 is 22.7 Å². The lowest BCUT2D eigenvalue weighted by Gasteiger charge is -2.30. The van der Waals surface area contributed by atoms with Gasteiger partial charge in [-0.25, -0.2) is 4.79 Å². The zero-order valence-corrected chi connectivity index (χ0v) is 11.2. The van der Waals surface area contributed by atoms with Gasteiger partial charge in [0.1, 0.15) is 18.0 Å². The number of halogens is 3. The molecule has 0 fully saturated rings. The molecule has 0 spiro atoms. The second-order valence-corrected chi connectivity index (χ2v) is 5.20. The van der Waals surface area contributed by atoms with Crippen molar-refractivity contribution in [3.05, 3.63) is 0 Å². The molecule has 0 bridgehead atoms. The van der Waals surface area contributed by atoms with Crippen LogP contribution in [0.3, 0.4) is 0 Å². The summed E-state index contributed by atoms with van der Waals surface area (Å²) in [6, 6.07) is 0. The summed E-state index contributed by atoms with van der Waals surface area (Å²) in [5.41, 5.74) is -0.634. The Morgan fingerprint density at radius 1 is 1.42 bits per heavy atom. The molecule has 1 aliphatic rings. The normalized spacial score (nSPS) is 16.9. The standard InChI is InChI=1S/C11H18F3N3O2/c1-10(2,3)19-9(18)17-5-4-15-8(6-17)16-7-11(12,13)14/h4-7H2,1-3H3,(H,15,16). The van der Waals surface area contributed by atoms with E-state index in [1.165, 1.54) is 4.90 Å². The van der Waals surface area contributed by atoms with Gasteiger partial charge in [-0.1, -0.05) is 0 Å². The molecule has 0 aliphatic carbocycles. The number of aliphatic imine (C=N–C) groups is 1. The molecule has 1 heterocycles. The maximum Gasteiger partial charge on any atom is 0.410 e. The summed E-state index contributed by atoms with van der Waals surface area (Å²) in [7, 11) is 0. The van der Waals surface area contributed by atoms with E-state index in [4.69, 9.17) is 4.74 Å². The minimum absolute atomic E-state index is 0.00495. The van der Waals surface area contributed by atoms with Crippen LogP contribution in [0.1, 0.15) is 20.8 Å². The molecule has 5 nitrogen and oxygen atoms in total. The topological polar surface area (TPSA) is 53.9 Å². The van der Waals surface area contributed by atoms with E-state index in [-0.39, 0.29) is 18.9 Å². The molecule has 0 saturated heterocycles. The number of carbonyl (C=O) groups is 1. The van der Waals surface area contributed by atoms with E-state index in [1.807, 2.05) is 0 Å². The minimum atomic E-state index is -4.31. The Balaban J connectivity index is 2.49. The number of carbonyl (C=O) groups excluding carboxylic acids is 1. The first kappa shape index (κ1) is 15.6. The number of amidine groups is 1. The van der Waals surface area contributed by atoms with Crippen LogP contribution in [0.2, 0.25) is 0 Å². The molecule has 1 N–H and O–H groups in total. The second-order valence-electron chi connectivity index (χ2n) is 5.20. The summed E-state index contributed by atoms with van der Waals surface area (Å²) >= 11 is 0. The highest BCUT2D eigenvalue weighted by Crippen LogP contribution is 2.13. The van der Waals surface area contributed by atoms with Gasteiger partial charge in [0.2, 0.25) is 0 Å². The van der Waals surface area contributed by atoms with Crippen molar-refractivity contribution in [3.63, 3.8) is 0 Å². The smallest absolute Gasteiger partial charge is 0.410 e. The third kappa shape index (κ3) is 6.30. The number of alkyl halides is 3. The van der Waals surface area contributed by atoms with Gasteiger partial charge in [0, 0.05) is 6.54 Å². The highest BCUT2D eigenvalue weighted by atomic mass is 19.4. The Hall–Kier alpha value is -1.47. The fourth-order valence-electron chi connectivity index (χ4n) is 1.41. The summed E-state index contributed by atoms with van der Waals surface area (Å²) in [5.74, 6) is 0.148. The molecule has 0 aromatic rings. The van der Waals surface area contributed by atoms with Gasteiger partial charge in [0.15, 0.2) is 0 Å². The molecule has 0 unspecified atom stereocenters. The number of rotatable bonds is 1. The van der Waals surface area contributed by atoms with E-state index >= 15 is 0 Å². The predicted molar refractivity (Wildman–Crippen MR) is 64.2 cm³/mol. The van der Waals surface area contributed by atoms with Gasteiger partial charge in [0.25, 0.3) is 0 Å². The van der Waals surface area contributed by atoms with E-state index in [1.54, 1.807) is 20.8 Å². The van der Waals surface area contributed by atoms with Crippen LogP contribution < -0.4 is 5.32 Å². The van der Waals surface area contributed by atoms with E-state index < -0.39 is 24.4 Å². The summed E-state index contributed by atoms with van der Waals surface area (Å²) in [5, 5.41) is 2.18. The Morgan fingerprint density at radius 2 is 2.05 bits per heavy atom. The van der Waals surface area contributed by atoms with Crippen LogP contribution in [0.25, 0.3) is 0 Å². The lowest BCUT2D eigenvalue weighted by Crippen LogP contribution is -2.48. The van der Waals surface area contributed by atoms with Gasteiger partial charge in [-0.2, -0.15) is 13.2 Å². The number of nitrogens with zero attached hydrogens (tertiary/aromatic N) is 2. The summed E-state index contributed by atoms with van der Waals surface area (Å²) in [6.07, 6.45) is -4.86. The molecule has 1 aliphatic heterocycles. The van der Waals surface area contributed by atoms with Crippen LogP contribution in [0.15, 0.2) is 4.99 Å². The fraction of sp³-hybridized carbons (Fsp3) is 0.818. The van der Waals surface area contributed by atoms with Crippen molar-refractivity contribution in [3.8, 4) is 0 Å². The van der Waals surface area contributed by atoms with Crippen LogP contribution >= 0.6 is 0 Å². The van der Waals surface area contributed by atoms with Gasteiger partial charge in [-0.3, -0.25) is 9.89 Å². The highest BCUT2D eigenvalue weighted by molar-refractivity contribution is 5.87. The van der Waals surface area contributed by atoms with Gasteiger partial charge >= 0.3 is 12.3 Å². The third-order valence-electron chi connectivity index (χ3n) is 2.16. The first-order chi connectivity index (χ1) is 8.57. The molecular formula is C11H18F3N3O2. The van der Waals surface area contributed by atoms with E-state index in [0.29, 0.717) is 6.54 Å². The van der Waals surface area contributed by atoms with Crippen molar-refractivity contribution in [1.82, 2.24) is 10.2 Å². The number of hydrogen-bond donors (Lipinski definition) is 1. The molecule has 8 heteroatoms. The Bertz CT molecular complexity index is 361. The van der Waals surface area contributed by atoms with Gasteiger partial charge in [0.05, 0.1) is 13.1 Å². The van der Waals surface area contributed by atoms with Gasteiger partial charge < -0.3 is 10.1 Å². The highest BCUT2D eigenvalue weighted by Gasteiger charge is 2.29. The van der Waals surface area contributed by atoms with Crippen LogP contribution in [-0.4, -0.2) is 54.8 Å². The van der Waals surface area contributed by atoms with Gasteiger partial charge in [-0.05, 0) is 20.8 Å². The number of nitrogens with one attached hydrogen (secondary N) is 1. The average molecular weight is 281 g/mol. The van der Waals surface area contributed by atoms with Crippen molar-refractivity contribution >= 4 is 11.9 Å². The summed E-state index contributed by atoms with van der Waals surface area (Å²) < 4.78 is 41.4. The lowest BCUT2D eigenvalue weighted by molar-refractivity contribution is -0.122. The number of ether oxygens (including phenoxy) is 1. The number of hydrogen-bond acceptors (Lipinski definition) is 4. The monoisotopic (exact) mass is 281 g/mol. The Kier molecular flexibility index (Phi) is 4.65. The molecule has 0 radical (unpaired) electrons. The Morgan fingerprint density at radius 3 is 2.58 bits per heavy atom. The first-order valence-electron chi connectivity index (χ1n) is 5.89. The van der Waals surface area contributed by atoms with Crippen LogP contribution in [0.4, 0.5) is 18.0 Å². The van der Waals surface area contributed by atoms with E-state index in [9.17, 15) is 18.0 Å². The maximum atomic E-state index is 12.1. The fourth-order valence-corrected chi connectivity index (χ4v) is 1.41. The molecule has 110 valence electrons. The van der Waals surface area contributed by atoms with Crippen molar-refractivity contribution in [1.29, 1.82) is 0 Å².